The third kappa shape index (κ3) is 3.47. The summed E-state index contributed by atoms with van der Waals surface area (Å²) in [6.45, 7) is 8.86. The predicted octanol–water partition coefficient (Wildman–Crippen LogP) is 2.32. The van der Waals surface area contributed by atoms with Crippen LogP contribution in [0.2, 0.25) is 0 Å². The molecule has 2 rings (SSSR count). The number of amides is 1. The summed E-state index contributed by atoms with van der Waals surface area (Å²) in [7, 11) is 0. The van der Waals surface area contributed by atoms with Gasteiger partial charge in [-0.05, 0) is 64.7 Å². The molecular weight excluding hydrogens is 224 g/mol. The smallest absolute Gasteiger partial charge is 0.234 e. The Balaban J connectivity index is 1.74. The van der Waals surface area contributed by atoms with E-state index in [1.54, 1.807) is 0 Å². The highest BCUT2D eigenvalue weighted by Crippen LogP contribution is 2.49. The van der Waals surface area contributed by atoms with Crippen molar-refractivity contribution in [3.8, 4) is 0 Å². The molecule has 0 unspecified atom stereocenters. The second-order valence-corrected chi connectivity index (χ2v) is 7.30. The normalized spacial score (nSPS) is 32.6. The van der Waals surface area contributed by atoms with Gasteiger partial charge < -0.3 is 10.6 Å². The van der Waals surface area contributed by atoms with E-state index in [1.807, 2.05) is 0 Å². The van der Waals surface area contributed by atoms with Crippen molar-refractivity contribution in [1.29, 1.82) is 0 Å². The van der Waals surface area contributed by atoms with Gasteiger partial charge in [0, 0.05) is 11.6 Å². The lowest BCUT2D eigenvalue weighted by molar-refractivity contribution is -0.121. The average Bonchev–Trinajstić information content (AvgIpc) is 2.87. The van der Waals surface area contributed by atoms with Crippen LogP contribution in [0.1, 0.15) is 53.4 Å². The van der Waals surface area contributed by atoms with Crippen LogP contribution in [0, 0.1) is 17.8 Å². The Bertz CT molecular complexity index is 308. The highest BCUT2D eigenvalue weighted by molar-refractivity contribution is 5.78. The van der Waals surface area contributed by atoms with Gasteiger partial charge >= 0.3 is 0 Å². The maximum atomic E-state index is 11.9. The average molecular weight is 252 g/mol. The molecule has 2 saturated carbocycles. The molecule has 0 aliphatic heterocycles. The maximum Gasteiger partial charge on any atom is 0.234 e. The van der Waals surface area contributed by atoms with Crippen molar-refractivity contribution in [3.63, 3.8) is 0 Å². The number of carbonyl (C=O) groups is 1. The molecule has 0 spiro atoms. The summed E-state index contributed by atoms with van der Waals surface area (Å²) in [4.78, 5) is 11.9. The highest BCUT2D eigenvalue weighted by atomic mass is 16.2. The van der Waals surface area contributed by atoms with E-state index in [-0.39, 0.29) is 11.4 Å². The molecule has 3 nitrogen and oxygen atoms in total. The zero-order valence-electron chi connectivity index (χ0n) is 12.3. The molecule has 104 valence electrons. The number of hydrogen-bond donors (Lipinski definition) is 2. The van der Waals surface area contributed by atoms with Crippen LogP contribution in [0.15, 0.2) is 0 Å². The fraction of sp³-hybridized carbons (Fsp3) is 0.933. The number of fused-ring (bicyclic) bond motifs is 2. The van der Waals surface area contributed by atoms with Crippen LogP contribution in [0.25, 0.3) is 0 Å². The molecule has 18 heavy (non-hydrogen) atoms. The Labute approximate surface area is 111 Å². The Morgan fingerprint density at radius 1 is 1.28 bits per heavy atom. The molecule has 2 bridgehead atoms. The predicted molar refractivity (Wildman–Crippen MR) is 74.3 cm³/mol. The first-order valence-electron chi connectivity index (χ1n) is 7.39. The highest BCUT2D eigenvalue weighted by Gasteiger charge is 2.42. The summed E-state index contributed by atoms with van der Waals surface area (Å²) in [5, 5.41) is 6.42. The molecule has 0 heterocycles. The first kappa shape index (κ1) is 13.9. The minimum atomic E-state index is 0.00695. The summed E-state index contributed by atoms with van der Waals surface area (Å²) in [5.74, 6) is 2.69. The summed E-state index contributed by atoms with van der Waals surface area (Å²) in [6.07, 6.45) is 5.55. The topological polar surface area (TPSA) is 41.1 Å². The van der Waals surface area contributed by atoms with Crippen molar-refractivity contribution in [2.75, 3.05) is 6.54 Å². The minimum Gasteiger partial charge on any atom is -0.352 e. The van der Waals surface area contributed by atoms with Crippen molar-refractivity contribution >= 4 is 5.91 Å². The van der Waals surface area contributed by atoms with Crippen molar-refractivity contribution in [1.82, 2.24) is 10.6 Å². The lowest BCUT2D eigenvalue weighted by atomic mass is 9.84. The molecule has 0 aromatic rings. The summed E-state index contributed by atoms with van der Waals surface area (Å²) >= 11 is 0. The summed E-state index contributed by atoms with van der Waals surface area (Å²) in [5.41, 5.74) is 0.00695. The van der Waals surface area contributed by atoms with E-state index in [0.717, 1.165) is 17.8 Å². The Morgan fingerprint density at radius 2 is 2.00 bits per heavy atom. The van der Waals surface area contributed by atoms with Gasteiger partial charge in [-0.2, -0.15) is 0 Å². The molecule has 0 saturated heterocycles. The van der Waals surface area contributed by atoms with Crippen LogP contribution in [-0.4, -0.2) is 24.0 Å². The van der Waals surface area contributed by atoms with Crippen LogP contribution in [0.4, 0.5) is 0 Å². The zero-order chi connectivity index (χ0) is 13.3. The van der Waals surface area contributed by atoms with E-state index in [9.17, 15) is 4.79 Å². The quantitative estimate of drug-likeness (QED) is 0.806. The van der Waals surface area contributed by atoms with Gasteiger partial charge in [-0.3, -0.25) is 4.79 Å². The molecule has 2 aliphatic carbocycles. The van der Waals surface area contributed by atoms with E-state index < -0.39 is 0 Å². The molecule has 0 aromatic heterocycles. The van der Waals surface area contributed by atoms with Crippen LogP contribution in [0.3, 0.4) is 0 Å². The van der Waals surface area contributed by atoms with Gasteiger partial charge in [0.05, 0.1) is 6.54 Å². The Hall–Kier alpha value is -0.570. The molecule has 2 N–H and O–H groups in total. The second kappa shape index (κ2) is 5.20. The van der Waals surface area contributed by atoms with Gasteiger partial charge in [0.2, 0.25) is 5.91 Å². The van der Waals surface area contributed by atoms with E-state index in [0.29, 0.717) is 12.6 Å². The lowest BCUT2D eigenvalue weighted by Crippen LogP contribution is -2.47. The Morgan fingerprint density at radius 3 is 2.50 bits per heavy atom. The van der Waals surface area contributed by atoms with Gasteiger partial charge in [-0.15, -0.1) is 0 Å². The van der Waals surface area contributed by atoms with Crippen molar-refractivity contribution in [2.24, 2.45) is 17.8 Å². The number of hydrogen-bond acceptors (Lipinski definition) is 2. The second-order valence-electron chi connectivity index (χ2n) is 7.30. The third-order valence-electron chi connectivity index (χ3n) is 4.60. The molecule has 4 atom stereocenters. The minimum absolute atomic E-state index is 0.00695. The number of rotatable bonds is 4. The number of carbonyl (C=O) groups excluding carboxylic acids is 1. The Kier molecular flexibility index (Phi) is 4.00. The van der Waals surface area contributed by atoms with Crippen molar-refractivity contribution < 1.29 is 4.79 Å². The first-order chi connectivity index (χ1) is 8.35. The van der Waals surface area contributed by atoms with E-state index >= 15 is 0 Å². The molecule has 2 aliphatic rings. The fourth-order valence-electron chi connectivity index (χ4n) is 3.66. The monoisotopic (exact) mass is 252 g/mol. The number of nitrogens with one attached hydrogen (secondary N) is 2. The van der Waals surface area contributed by atoms with E-state index in [2.05, 4.69) is 38.3 Å². The largest absolute Gasteiger partial charge is 0.352 e. The first-order valence-corrected chi connectivity index (χ1v) is 7.39. The van der Waals surface area contributed by atoms with Crippen molar-refractivity contribution in [2.45, 2.75) is 65.0 Å². The molecular formula is C15H28N2O. The van der Waals surface area contributed by atoms with Gasteiger partial charge in [0.25, 0.3) is 0 Å². The van der Waals surface area contributed by atoms with E-state index in [4.69, 9.17) is 0 Å². The summed E-state index contributed by atoms with van der Waals surface area (Å²) < 4.78 is 0. The van der Waals surface area contributed by atoms with Crippen LogP contribution in [0.5, 0.6) is 0 Å². The van der Waals surface area contributed by atoms with Crippen LogP contribution in [-0.2, 0) is 4.79 Å². The molecule has 0 aromatic carbocycles. The fourth-order valence-corrected chi connectivity index (χ4v) is 3.66. The van der Waals surface area contributed by atoms with Crippen LogP contribution < -0.4 is 10.6 Å². The molecule has 1 amide bonds. The van der Waals surface area contributed by atoms with Gasteiger partial charge in [0.15, 0.2) is 0 Å². The zero-order valence-corrected chi connectivity index (χ0v) is 12.3. The molecule has 0 radical (unpaired) electrons. The van der Waals surface area contributed by atoms with E-state index in [1.165, 1.54) is 25.7 Å². The lowest BCUT2D eigenvalue weighted by Gasteiger charge is -2.29. The van der Waals surface area contributed by atoms with Gasteiger partial charge in [0.1, 0.15) is 0 Å². The standard InChI is InChI=1S/C15H28N2O/c1-10(13-8-11-5-6-12(13)7-11)17-14(18)9-16-15(2,3)4/h10-13,16H,5-9H2,1-4H3,(H,17,18)/t10-,11+,12+,13+/m0/s1. The van der Waals surface area contributed by atoms with Gasteiger partial charge in [-0.1, -0.05) is 6.42 Å². The molecule has 3 heteroatoms. The SMILES string of the molecule is C[C@H](NC(=O)CNC(C)(C)C)[C@H]1C[C@@H]2CC[C@@H]1C2. The third-order valence-corrected chi connectivity index (χ3v) is 4.60. The maximum absolute atomic E-state index is 11.9. The van der Waals surface area contributed by atoms with Gasteiger partial charge in [-0.25, -0.2) is 0 Å². The summed E-state index contributed by atoms with van der Waals surface area (Å²) in [6, 6.07) is 0.342. The van der Waals surface area contributed by atoms with Crippen LogP contribution >= 0.6 is 0 Å². The molecule has 2 fully saturated rings. The van der Waals surface area contributed by atoms with Crippen molar-refractivity contribution in [3.05, 3.63) is 0 Å².